The molecule has 0 aliphatic heterocycles. The normalized spacial score (nSPS) is 5.54. The summed E-state index contributed by atoms with van der Waals surface area (Å²) >= 11 is 0. The molecule has 0 unspecified atom stereocenters. The van der Waals surface area contributed by atoms with E-state index in [-0.39, 0.29) is 37.7 Å². The Kier molecular flexibility index (Phi) is 30.1. The smallest absolute Gasteiger partial charge is 0.652 e. The second-order valence-corrected chi connectivity index (χ2v) is 0.750. The number of carbonyl (C=O) groups excluding carboxylic acids is 3. The summed E-state index contributed by atoms with van der Waals surface area (Å²) in [6.07, 6.45) is -7.00. The number of rotatable bonds is 0. The van der Waals surface area contributed by atoms with E-state index in [2.05, 4.69) is 0 Å². The average molecular weight is 220 g/mol. The molecule has 0 bridgehead atoms. The van der Waals surface area contributed by atoms with Crippen LogP contribution in [0.25, 0.3) is 0 Å². The predicted molar refractivity (Wildman–Crippen MR) is 21.9 cm³/mol. The number of hydrogen-bond acceptors (Lipinski definition) is 9. The third kappa shape index (κ3) is 1050. The molecule has 0 saturated heterocycles. The van der Waals surface area contributed by atoms with Gasteiger partial charge in [0.05, 0.1) is 0 Å². The monoisotopic (exact) mass is 220 g/mol. The van der Waals surface area contributed by atoms with Crippen LogP contribution >= 0.6 is 0 Å². The van der Waals surface area contributed by atoms with Crippen molar-refractivity contribution >= 4 is 56.2 Å². The Labute approximate surface area is 101 Å². The minimum atomic E-state index is -2.33. The fourth-order valence-corrected chi connectivity index (χ4v) is 0. The molecular weight excluding hydrogens is 220 g/mol. The topological polar surface area (TPSA) is 190 Å². The van der Waals surface area contributed by atoms with Crippen molar-refractivity contribution in [1.82, 2.24) is 0 Å². The van der Waals surface area contributed by atoms with E-state index in [0.29, 0.717) is 0 Å². The molecule has 0 aliphatic rings. The molecule has 13 heavy (non-hydrogen) atoms. The maximum Gasteiger partial charge on any atom is 2.00 e. The Bertz CT molecular complexity index is 112. The fourth-order valence-electron chi connectivity index (χ4n) is 0. The van der Waals surface area contributed by atoms with Gasteiger partial charge in [0.25, 0.3) is 0 Å². The van der Waals surface area contributed by atoms with E-state index in [1.54, 1.807) is 0 Å². The van der Waals surface area contributed by atoms with Gasteiger partial charge < -0.3 is 45.0 Å². The van der Waals surface area contributed by atoms with Crippen LogP contribution in [0.2, 0.25) is 0 Å². The molecule has 0 rings (SSSR count). The van der Waals surface area contributed by atoms with E-state index in [1.807, 2.05) is 0 Å². The van der Waals surface area contributed by atoms with Gasteiger partial charge in [0, 0.05) is 0 Å². The summed E-state index contributed by atoms with van der Waals surface area (Å²) in [4.78, 5) is 25.0. The quantitative estimate of drug-likeness (QED) is 0.356. The molecule has 0 heterocycles. The first kappa shape index (κ1) is 22.7. The van der Waals surface area contributed by atoms with Gasteiger partial charge >= 0.3 is 37.7 Å². The molecule has 0 aromatic heterocycles. The van der Waals surface area contributed by atoms with E-state index in [4.69, 9.17) is 45.0 Å². The van der Waals surface area contributed by atoms with E-state index < -0.39 is 18.5 Å². The van der Waals surface area contributed by atoms with Crippen LogP contribution in [0, 0.1) is 0 Å². The van der Waals surface area contributed by atoms with Crippen LogP contribution in [0.1, 0.15) is 0 Å². The van der Waals surface area contributed by atoms with Gasteiger partial charge in [0.1, 0.15) is 0 Å². The van der Waals surface area contributed by atoms with Gasteiger partial charge in [-0.25, -0.2) is 0 Å². The van der Waals surface area contributed by atoms with Gasteiger partial charge in [-0.3, -0.25) is 0 Å². The second kappa shape index (κ2) is 17.2. The van der Waals surface area contributed by atoms with Crippen molar-refractivity contribution in [2.75, 3.05) is 0 Å². The number of hydrogen-bond donors (Lipinski definition) is 0. The van der Waals surface area contributed by atoms with Crippen molar-refractivity contribution in [3.05, 3.63) is 0 Å². The fraction of sp³-hybridized carbons (Fsp3) is 0. The van der Waals surface area contributed by atoms with Crippen LogP contribution in [0.5, 0.6) is 0 Å². The molecule has 10 heteroatoms. The maximum atomic E-state index is 8.33. The molecule has 9 nitrogen and oxygen atoms in total. The van der Waals surface area contributed by atoms with Gasteiger partial charge in [-0.05, 0) is 18.5 Å². The molecule has 0 saturated carbocycles. The summed E-state index contributed by atoms with van der Waals surface area (Å²) in [5.74, 6) is 0. The molecule has 0 N–H and O–H groups in total. The van der Waals surface area contributed by atoms with Gasteiger partial charge in [0.15, 0.2) is 0 Å². The zero-order chi connectivity index (χ0) is 10.7. The Balaban J connectivity index is -0.0000000450. The number of carbonyl (C=O) groups is 3. The average Bonchev–Trinajstić information content (AvgIpc) is 1.54. The Hall–Kier alpha value is -0.930. The largest absolute Gasteiger partial charge is 2.00 e. The summed E-state index contributed by atoms with van der Waals surface area (Å²) < 4.78 is 0. The van der Waals surface area contributed by atoms with Crippen molar-refractivity contribution in [2.45, 2.75) is 0 Å². The molecule has 0 radical (unpaired) electrons. The molecule has 72 valence electrons. The van der Waals surface area contributed by atoms with Crippen molar-refractivity contribution in [3.63, 3.8) is 0 Å². The van der Waals surface area contributed by atoms with Gasteiger partial charge in [0.2, 0.25) is 0 Å². The van der Waals surface area contributed by atoms with Crippen LogP contribution in [0.15, 0.2) is 0 Å². The first-order valence-electron chi connectivity index (χ1n) is 1.84. The van der Waals surface area contributed by atoms with E-state index in [1.165, 1.54) is 0 Å². The summed E-state index contributed by atoms with van der Waals surface area (Å²) in [7, 11) is 0. The molecule has 0 amide bonds. The van der Waals surface area contributed by atoms with E-state index in [0.717, 1.165) is 0 Å². The molecular formula is C3CaO9-4. The van der Waals surface area contributed by atoms with E-state index >= 15 is 0 Å². The Morgan fingerprint density at radius 1 is 0.538 bits per heavy atom. The van der Waals surface area contributed by atoms with E-state index in [9.17, 15) is 0 Å². The Morgan fingerprint density at radius 3 is 0.538 bits per heavy atom. The molecule has 0 fully saturated rings. The maximum absolute atomic E-state index is 8.33. The molecule has 0 aromatic carbocycles. The van der Waals surface area contributed by atoms with Crippen molar-refractivity contribution in [3.8, 4) is 0 Å². The molecule has 0 spiro atoms. The van der Waals surface area contributed by atoms with Crippen molar-refractivity contribution in [1.29, 1.82) is 0 Å². The van der Waals surface area contributed by atoms with Crippen LogP contribution < -0.4 is 30.6 Å². The molecule has 0 atom stereocenters. The third-order valence-corrected chi connectivity index (χ3v) is 0. The summed E-state index contributed by atoms with van der Waals surface area (Å²) in [5, 5.41) is 50.0. The zero-order valence-corrected chi connectivity index (χ0v) is 8.09. The summed E-state index contributed by atoms with van der Waals surface area (Å²) in [6, 6.07) is 0. The Morgan fingerprint density at radius 2 is 0.538 bits per heavy atom. The van der Waals surface area contributed by atoms with Crippen molar-refractivity contribution in [2.24, 2.45) is 0 Å². The minimum absolute atomic E-state index is 0. The second-order valence-electron chi connectivity index (χ2n) is 0.750. The van der Waals surface area contributed by atoms with Crippen molar-refractivity contribution < 1.29 is 45.0 Å². The van der Waals surface area contributed by atoms with Crippen LogP contribution in [-0.2, 0) is 0 Å². The molecule has 0 aromatic rings. The number of carboxylic acid groups (broad SMARTS) is 6. The zero-order valence-electron chi connectivity index (χ0n) is 5.88. The first-order valence-corrected chi connectivity index (χ1v) is 1.84. The molecule has 0 aliphatic carbocycles. The van der Waals surface area contributed by atoms with Crippen LogP contribution in [0.4, 0.5) is 14.4 Å². The first-order chi connectivity index (χ1) is 5.20. The predicted octanol–water partition coefficient (Wildman–Crippen LogP) is -7.72. The van der Waals surface area contributed by atoms with Gasteiger partial charge in [-0.2, -0.15) is 0 Å². The van der Waals surface area contributed by atoms with Gasteiger partial charge in [-0.15, -0.1) is 0 Å². The van der Waals surface area contributed by atoms with Crippen LogP contribution in [0.3, 0.4) is 0 Å². The summed E-state index contributed by atoms with van der Waals surface area (Å²) in [6.45, 7) is 0. The third-order valence-electron chi connectivity index (χ3n) is 0. The van der Waals surface area contributed by atoms with Gasteiger partial charge in [-0.1, -0.05) is 0 Å². The standard InChI is InChI=1S/3CH2O3.Ca/c3*2-1(3)4;/h3*(H2,2,3,4);/q;;;+2/p-6. The SMILES string of the molecule is O=C([O-])[O-].O=C([O-])[O-].O=C([O-])[O-].[Ca+2]. The summed E-state index contributed by atoms with van der Waals surface area (Å²) in [5.41, 5.74) is 0. The minimum Gasteiger partial charge on any atom is -0.652 e. The van der Waals surface area contributed by atoms with Crippen LogP contribution in [-0.4, -0.2) is 56.2 Å².